The molecule has 0 aliphatic heterocycles. The molecule has 0 spiro atoms. The summed E-state index contributed by atoms with van der Waals surface area (Å²) in [4.78, 5) is 4.70. The minimum Gasteiger partial charge on any atom is -0.387 e. The minimum absolute atomic E-state index is 0.190. The smallest absolute Gasteiger partial charge is 0.109 e. The maximum atomic E-state index is 7.61. The van der Waals surface area contributed by atoms with Crippen LogP contribution in [-0.2, 0) is 13.0 Å². The van der Waals surface area contributed by atoms with Crippen molar-refractivity contribution >= 4 is 16.9 Å². The number of hydrogen-bond donors (Lipinski definition) is 2. The highest BCUT2D eigenvalue weighted by Crippen LogP contribution is 2.24. The van der Waals surface area contributed by atoms with Gasteiger partial charge in [-0.2, -0.15) is 0 Å². The fourth-order valence-electron chi connectivity index (χ4n) is 2.62. The van der Waals surface area contributed by atoms with E-state index in [2.05, 4.69) is 29.7 Å². The molecule has 0 radical (unpaired) electrons. The first-order valence-electron chi connectivity index (χ1n) is 7.74. The van der Waals surface area contributed by atoms with Crippen molar-refractivity contribution in [3.8, 4) is 0 Å². The standard InChI is InChI=1S/C17H26N4/c1-4-15-20-13-9-5-6-10-14(13)21(15)12-8-7-11-17(2,3)16(18)19/h5-6,9-10H,4,7-8,11-12H2,1-3H3,(H3,18,19). The van der Waals surface area contributed by atoms with Crippen molar-refractivity contribution in [3.63, 3.8) is 0 Å². The van der Waals surface area contributed by atoms with Gasteiger partial charge in [-0.1, -0.05) is 39.3 Å². The lowest BCUT2D eigenvalue weighted by molar-refractivity contribution is 0.430. The minimum atomic E-state index is -0.190. The number of hydrogen-bond acceptors (Lipinski definition) is 2. The van der Waals surface area contributed by atoms with Gasteiger partial charge in [0.1, 0.15) is 5.82 Å². The number of aromatic nitrogens is 2. The summed E-state index contributed by atoms with van der Waals surface area (Å²) in [6, 6.07) is 8.32. The molecule has 0 aliphatic rings. The van der Waals surface area contributed by atoms with Crippen LogP contribution in [0.15, 0.2) is 24.3 Å². The summed E-state index contributed by atoms with van der Waals surface area (Å²) >= 11 is 0. The molecular formula is C17H26N4. The summed E-state index contributed by atoms with van der Waals surface area (Å²) in [5, 5.41) is 7.61. The molecular weight excluding hydrogens is 260 g/mol. The van der Waals surface area contributed by atoms with Crippen molar-refractivity contribution in [1.29, 1.82) is 5.41 Å². The number of aryl methyl sites for hydroxylation is 2. The van der Waals surface area contributed by atoms with Crippen LogP contribution in [0.25, 0.3) is 11.0 Å². The number of imidazole rings is 1. The third-order valence-electron chi connectivity index (χ3n) is 4.21. The van der Waals surface area contributed by atoms with E-state index in [1.54, 1.807) is 0 Å². The zero-order valence-electron chi connectivity index (χ0n) is 13.3. The molecule has 114 valence electrons. The first kappa shape index (κ1) is 15.5. The molecule has 4 nitrogen and oxygen atoms in total. The molecule has 2 rings (SSSR count). The lowest BCUT2D eigenvalue weighted by atomic mass is 9.86. The first-order valence-corrected chi connectivity index (χ1v) is 7.74. The number of fused-ring (bicyclic) bond motifs is 1. The van der Waals surface area contributed by atoms with Crippen LogP contribution in [0.1, 0.15) is 45.9 Å². The zero-order valence-corrected chi connectivity index (χ0v) is 13.3. The Morgan fingerprint density at radius 2 is 2.00 bits per heavy atom. The molecule has 0 amide bonds. The van der Waals surface area contributed by atoms with E-state index in [1.165, 1.54) is 5.52 Å². The van der Waals surface area contributed by atoms with Crippen LogP contribution in [0.3, 0.4) is 0 Å². The molecule has 4 heteroatoms. The summed E-state index contributed by atoms with van der Waals surface area (Å²) in [5.74, 6) is 1.44. The van der Waals surface area contributed by atoms with Gasteiger partial charge < -0.3 is 10.3 Å². The Balaban J connectivity index is 2.02. The van der Waals surface area contributed by atoms with Gasteiger partial charge in [-0.05, 0) is 25.0 Å². The number of para-hydroxylation sites is 2. The van der Waals surface area contributed by atoms with Crippen LogP contribution in [0.5, 0.6) is 0 Å². The van der Waals surface area contributed by atoms with Gasteiger partial charge >= 0.3 is 0 Å². The Hall–Kier alpha value is -1.84. The average molecular weight is 286 g/mol. The Morgan fingerprint density at radius 1 is 1.29 bits per heavy atom. The highest BCUT2D eigenvalue weighted by molar-refractivity contribution is 5.82. The quantitative estimate of drug-likeness (QED) is 0.462. The fourth-order valence-corrected chi connectivity index (χ4v) is 2.62. The first-order chi connectivity index (χ1) is 9.95. The number of rotatable bonds is 7. The number of unbranched alkanes of at least 4 members (excludes halogenated alkanes) is 1. The average Bonchev–Trinajstić information content (AvgIpc) is 2.81. The third-order valence-corrected chi connectivity index (χ3v) is 4.21. The van der Waals surface area contributed by atoms with E-state index in [0.717, 1.165) is 43.6 Å². The zero-order chi connectivity index (χ0) is 15.5. The third kappa shape index (κ3) is 3.43. The van der Waals surface area contributed by atoms with Crippen molar-refractivity contribution in [1.82, 2.24) is 9.55 Å². The molecule has 1 heterocycles. The van der Waals surface area contributed by atoms with E-state index >= 15 is 0 Å². The van der Waals surface area contributed by atoms with E-state index in [1.807, 2.05) is 19.9 Å². The number of benzene rings is 1. The van der Waals surface area contributed by atoms with E-state index < -0.39 is 0 Å². The Labute approximate surface area is 126 Å². The molecule has 0 unspecified atom stereocenters. The Kier molecular flexibility index (Phi) is 4.66. The van der Waals surface area contributed by atoms with E-state index in [-0.39, 0.29) is 11.3 Å². The van der Waals surface area contributed by atoms with Gasteiger partial charge in [0.25, 0.3) is 0 Å². The number of nitrogens with one attached hydrogen (secondary N) is 1. The van der Waals surface area contributed by atoms with Gasteiger partial charge in [-0.15, -0.1) is 0 Å². The summed E-state index contributed by atoms with van der Waals surface area (Å²) in [5.41, 5.74) is 7.75. The van der Waals surface area contributed by atoms with E-state index in [4.69, 9.17) is 16.1 Å². The van der Waals surface area contributed by atoms with Crippen LogP contribution in [0, 0.1) is 10.8 Å². The van der Waals surface area contributed by atoms with Crippen LogP contribution >= 0.6 is 0 Å². The highest BCUT2D eigenvalue weighted by Gasteiger charge is 2.20. The molecule has 0 fully saturated rings. The van der Waals surface area contributed by atoms with Crippen molar-refractivity contribution in [2.75, 3.05) is 0 Å². The monoisotopic (exact) mass is 286 g/mol. The fraction of sp³-hybridized carbons (Fsp3) is 0.529. The van der Waals surface area contributed by atoms with Crippen LogP contribution in [0.4, 0.5) is 0 Å². The van der Waals surface area contributed by atoms with Gasteiger partial charge in [0.05, 0.1) is 16.9 Å². The molecule has 1 aromatic carbocycles. The number of amidine groups is 1. The van der Waals surface area contributed by atoms with E-state index in [9.17, 15) is 0 Å². The number of nitrogens with zero attached hydrogens (tertiary/aromatic N) is 2. The van der Waals surface area contributed by atoms with Crippen molar-refractivity contribution in [2.24, 2.45) is 11.1 Å². The normalized spacial score (nSPS) is 12.0. The van der Waals surface area contributed by atoms with Gasteiger partial charge in [-0.3, -0.25) is 5.41 Å². The maximum absolute atomic E-state index is 7.61. The molecule has 0 aliphatic carbocycles. The summed E-state index contributed by atoms with van der Waals surface area (Å²) in [6.45, 7) is 7.22. The Bertz CT molecular complexity index is 625. The van der Waals surface area contributed by atoms with Gasteiger partial charge in [0.15, 0.2) is 0 Å². The molecule has 0 saturated heterocycles. The van der Waals surface area contributed by atoms with Gasteiger partial charge in [0, 0.05) is 18.4 Å². The van der Waals surface area contributed by atoms with Crippen molar-refractivity contribution in [3.05, 3.63) is 30.1 Å². The van der Waals surface area contributed by atoms with Gasteiger partial charge in [0.2, 0.25) is 0 Å². The highest BCUT2D eigenvalue weighted by atomic mass is 15.1. The SMILES string of the molecule is CCc1nc2ccccc2n1CCCCC(C)(C)C(=N)N. The maximum Gasteiger partial charge on any atom is 0.109 e. The molecule has 1 aromatic heterocycles. The number of nitrogens with two attached hydrogens (primary N) is 1. The van der Waals surface area contributed by atoms with Crippen LogP contribution in [-0.4, -0.2) is 15.4 Å². The predicted octanol–water partition coefficient (Wildman–Crippen LogP) is 3.73. The lowest BCUT2D eigenvalue weighted by Crippen LogP contribution is -2.30. The molecule has 21 heavy (non-hydrogen) atoms. The molecule has 2 aromatic rings. The molecule has 0 atom stereocenters. The second kappa shape index (κ2) is 6.29. The molecule has 0 saturated carbocycles. The van der Waals surface area contributed by atoms with Crippen LogP contribution < -0.4 is 5.73 Å². The van der Waals surface area contributed by atoms with Crippen molar-refractivity contribution in [2.45, 2.75) is 53.0 Å². The lowest BCUT2D eigenvalue weighted by Gasteiger charge is -2.22. The van der Waals surface area contributed by atoms with Crippen molar-refractivity contribution < 1.29 is 0 Å². The van der Waals surface area contributed by atoms with Crippen LogP contribution in [0.2, 0.25) is 0 Å². The summed E-state index contributed by atoms with van der Waals surface area (Å²) in [6.07, 6.45) is 4.07. The second-order valence-electron chi connectivity index (χ2n) is 6.28. The summed E-state index contributed by atoms with van der Waals surface area (Å²) in [7, 11) is 0. The van der Waals surface area contributed by atoms with Gasteiger partial charge in [-0.25, -0.2) is 4.98 Å². The molecule has 0 bridgehead atoms. The molecule has 3 N–H and O–H groups in total. The Morgan fingerprint density at radius 3 is 2.67 bits per heavy atom. The largest absolute Gasteiger partial charge is 0.387 e. The summed E-state index contributed by atoms with van der Waals surface area (Å²) < 4.78 is 2.33. The van der Waals surface area contributed by atoms with E-state index in [0.29, 0.717) is 0 Å². The predicted molar refractivity (Wildman–Crippen MR) is 88.7 cm³/mol. The topological polar surface area (TPSA) is 67.7 Å². The second-order valence-corrected chi connectivity index (χ2v) is 6.28.